The second kappa shape index (κ2) is 10.0. The predicted molar refractivity (Wildman–Crippen MR) is 172 cm³/mol. The van der Waals surface area contributed by atoms with Crippen LogP contribution in [0.1, 0.15) is 56.2 Å². The van der Waals surface area contributed by atoms with Crippen LogP contribution in [0.2, 0.25) is 0 Å². The Morgan fingerprint density at radius 1 is 0.714 bits per heavy atom. The zero-order valence-corrected chi connectivity index (χ0v) is 24.2. The molecule has 204 valence electrons. The van der Waals surface area contributed by atoms with Crippen LogP contribution >= 0.6 is 0 Å². The molecular formula is C38H31N3O. The van der Waals surface area contributed by atoms with Gasteiger partial charge in [0.15, 0.2) is 0 Å². The molecule has 4 heteroatoms. The molecule has 0 saturated carbocycles. The molecule has 0 N–H and O–H groups in total. The van der Waals surface area contributed by atoms with Gasteiger partial charge in [-0.2, -0.15) is 5.26 Å². The van der Waals surface area contributed by atoms with Crippen LogP contribution < -0.4 is 0 Å². The average molecular weight is 546 g/mol. The van der Waals surface area contributed by atoms with Crippen molar-refractivity contribution in [1.29, 1.82) is 5.26 Å². The van der Waals surface area contributed by atoms with Crippen LogP contribution in [0.15, 0.2) is 108 Å². The lowest BCUT2D eigenvalue weighted by Crippen LogP contribution is -2.09. The fourth-order valence-electron chi connectivity index (χ4n) is 6.09. The van der Waals surface area contributed by atoms with E-state index in [-0.39, 0.29) is 11.8 Å². The Kier molecular flexibility index (Phi) is 6.17. The molecule has 0 aliphatic heterocycles. The highest BCUT2D eigenvalue weighted by molar-refractivity contribution is 6.09. The zero-order chi connectivity index (χ0) is 29.0. The van der Waals surface area contributed by atoms with Crippen LogP contribution in [-0.4, -0.2) is 9.55 Å². The van der Waals surface area contributed by atoms with Gasteiger partial charge >= 0.3 is 0 Å². The molecule has 0 saturated heterocycles. The summed E-state index contributed by atoms with van der Waals surface area (Å²) < 4.78 is 8.84. The van der Waals surface area contributed by atoms with Gasteiger partial charge in [0.2, 0.25) is 0 Å². The lowest BCUT2D eigenvalue weighted by molar-refractivity contribution is 0.669. The number of furan rings is 1. The van der Waals surface area contributed by atoms with Crippen molar-refractivity contribution in [3.63, 3.8) is 0 Å². The summed E-state index contributed by atoms with van der Waals surface area (Å²) in [5, 5.41) is 11.5. The first-order chi connectivity index (χ1) is 20.4. The minimum absolute atomic E-state index is 0.279. The Balaban J connectivity index is 1.58. The molecule has 0 aliphatic rings. The third kappa shape index (κ3) is 4.09. The minimum atomic E-state index is 0.279. The SMILES string of the molecule is CC(C)c1cc(-c2ccccc2)cc(C(C)C)c1-n1c(-c2cccc3c2oc2cc(C#N)ccc23)nc2ccccc21. The molecule has 4 nitrogen and oxygen atoms in total. The summed E-state index contributed by atoms with van der Waals surface area (Å²) in [6.07, 6.45) is 0. The van der Waals surface area contributed by atoms with Crippen molar-refractivity contribution in [3.05, 3.63) is 120 Å². The minimum Gasteiger partial charge on any atom is -0.455 e. The lowest BCUT2D eigenvalue weighted by Gasteiger charge is -2.24. The van der Waals surface area contributed by atoms with Gasteiger partial charge in [-0.1, -0.05) is 82.3 Å². The first-order valence-electron chi connectivity index (χ1n) is 14.5. The van der Waals surface area contributed by atoms with Crippen molar-refractivity contribution in [1.82, 2.24) is 9.55 Å². The highest BCUT2D eigenvalue weighted by Gasteiger charge is 2.25. The molecule has 0 unspecified atom stereocenters. The Morgan fingerprint density at radius 3 is 2.14 bits per heavy atom. The van der Waals surface area contributed by atoms with Crippen molar-refractivity contribution >= 4 is 33.0 Å². The quantitative estimate of drug-likeness (QED) is 0.216. The first kappa shape index (κ1) is 25.8. The molecule has 2 aromatic heterocycles. The van der Waals surface area contributed by atoms with Crippen molar-refractivity contribution in [2.75, 3.05) is 0 Å². The number of nitriles is 1. The fraction of sp³-hybridized carbons (Fsp3) is 0.158. The van der Waals surface area contributed by atoms with E-state index in [2.05, 4.69) is 117 Å². The number of hydrogen-bond donors (Lipinski definition) is 0. The number of rotatable bonds is 5. The van der Waals surface area contributed by atoms with Gasteiger partial charge in [-0.05, 0) is 82.6 Å². The summed E-state index contributed by atoms with van der Waals surface area (Å²) in [5.41, 5.74) is 11.2. The molecule has 42 heavy (non-hydrogen) atoms. The van der Waals surface area contributed by atoms with Crippen molar-refractivity contribution in [3.8, 4) is 34.3 Å². The summed E-state index contributed by atoms with van der Waals surface area (Å²) in [5.74, 6) is 1.40. The molecule has 2 heterocycles. The Labute approximate surface area is 245 Å². The summed E-state index contributed by atoms with van der Waals surface area (Å²) in [4.78, 5) is 5.25. The zero-order valence-electron chi connectivity index (χ0n) is 24.2. The normalized spacial score (nSPS) is 11.7. The highest BCUT2D eigenvalue weighted by atomic mass is 16.3. The van der Waals surface area contributed by atoms with Gasteiger partial charge in [-0.15, -0.1) is 0 Å². The van der Waals surface area contributed by atoms with E-state index >= 15 is 0 Å². The van der Waals surface area contributed by atoms with Crippen LogP contribution in [0.3, 0.4) is 0 Å². The van der Waals surface area contributed by atoms with Crippen molar-refractivity contribution in [2.45, 2.75) is 39.5 Å². The summed E-state index contributed by atoms with van der Waals surface area (Å²) in [6.45, 7) is 9.07. The molecular weight excluding hydrogens is 514 g/mol. The number of benzene rings is 5. The number of nitrogens with zero attached hydrogens (tertiary/aromatic N) is 3. The number of aromatic nitrogens is 2. The molecule has 0 bridgehead atoms. The smallest absolute Gasteiger partial charge is 0.149 e. The average Bonchev–Trinajstić information content (AvgIpc) is 3.58. The van der Waals surface area contributed by atoms with E-state index < -0.39 is 0 Å². The molecule has 0 radical (unpaired) electrons. The van der Waals surface area contributed by atoms with Gasteiger partial charge in [0, 0.05) is 10.8 Å². The van der Waals surface area contributed by atoms with Crippen LogP contribution in [0, 0.1) is 11.3 Å². The lowest BCUT2D eigenvalue weighted by atomic mass is 9.88. The van der Waals surface area contributed by atoms with Gasteiger partial charge in [0.1, 0.15) is 17.0 Å². The predicted octanol–water partition coefficient (Wildman–Crippen LogP) is 10.4. The molecule has 0 spiro atoms. The van der Waals surface area contributed by atoms with Crippen LogP contribution in [0.4, 0.5) is 0 Å². The van der Waals surface area contributed by atoms with Crippen LogP contribution in [0.25, 0.3) is 61.2 Å². The second-order valence-corrected chi connectivity index (χ2v) is 11.5. The van der Waals surface area contributed by atoms with E-state index in [0.717, 1.165) is 38.8 Å². The maximum Gasteiger partial charge on any atom is 0.149 e. The fourth-order valence-corrected chi connectivity index (χ4v) is 6.09. The number of fused-ring (bicyclic) bond motifs is 4. The van der Waals surface area contributed by atoms with Gasteiger partial charge in [-0.25, -0.2) is 4.98 Å². The Bertz CT molecular complexity index is 2130. The van der Waals surface area contributed by atoms with Crippen LogP contribution in [0.5, 0.6) is 0 Å². The molecule has 0 aliphatic carbocycles. The van der Waals surface area contributed by atoms with E-state index in [1.807, 2.05) is 24.3 Å². The topological polar surface area (TPSA) is 54.8 Å². The van der Waals surface area contributed by atoms with E-state index in [0.29, 0.717) is 11.1 Å². The Morgan fingerprint density at radius 2 is 1.43 bits per heavy atom. The van der Waals surface area contributed by atoms with E-state index in [9.17, 15) is 5.26 Å². The van der Waals surface area contributed by atoms with Gasteiger partial charge in [0.25, 0.3) is 0 Å². The molecule has 7 aromatic rings. The largest absolute Gasteiger partial charge is 0.455 e. The van der Waals surface area contributed by atoms with Gasteiger partial charge in [0.05, 0.1) is 33.9 Å². The van der Waals surface area contributed by atoms with Crippen molar-refractivity contribution < 1.29 is 4.42 Å². The van der Waals surface area contributed by atoms with E-state index in [1.54, 1.807) is 0 Å². The van der Waals surface area contributed by atoms with Crippen LogP contribution in [-0.2, 0) is 0 Å². The number of para-hydroxylation sites is 3. The number of imidazole rings is 1. The van der Waals surface area contributed by atoms with E-state index in [1.165, 1.54) is 27.9 Å². The van der Waals surface area contributed by atoms with Gasteiger partial charge in [-0.3, -0.25) is 4.57 Å². The first-order valence-corrected chi connectivity index (χ1v) is 14.5. The highest BCUT2D eigenvalue weighted by Crippen LogP contribution is 2.42. The number of hydrogen-bond acceptors (Lipinski definition) is 3. The third-order valence-electron chi connectivity index (χ3n) is 8.17. The summed E-state index contributed by atoms with van der Waals surface area (Å²) in [6, 6.07) is 37.8. The van der Waals surface area contributed by atoms with Crippen molar-refractivity contribution in [2.24, 2.45) is 0 Å². The second-order valence-electron chi connectivity index (χ2n) is 11.5. The molecule has 7 rings (SSSR count). The molecule has 0 fully saturated rings. The summed E-state index contributed by atoms with van der Waals surface area (Å²) in [7, 11) is 0. The molecule has 0 amide bonds. The van der Waals surface area contributed by atoms with E-state index in [4.69, 9.17) is 9.40 Å². The summed E-state index contributed by atoms with van der Waals surface area (Å²) >= 11 is 0. The third-order valence-corrected chi connectivity index (χ3v) is 8.17. The maximum atomic E-state index is 9.48. The molecule has 0 atom stereocenters. The standard InChI is InChI=1S/C38H31N3O/c1-23(2)31-20-27(26-11-6-5-7-12-26)21-32(24(3)4)36(31)41-34-16-9-8-15-33(34)40-38(41)30-14-10-13-29-28-18-17-25(22-39)19-35(28)42-37(29)30/h5-21,23-24H,1-4H3. The Hall–Kier alpha value is -5.14. The molecule has 5 aromatic carbocycles. The monoisotopic (exact) mass is 545 g/mol. The van der Waals surface area contributed by atoms with Gasteiger partial charge < -0.3 is 4.42 Å². The maximum absolute atomic E-state index is 9.48.